The molecule has 0 aliphatic rings. The Morgan fingerprint density at radius 2 is 1.63 bits per heavy atom. The molecule has 7 nitrogen and oxygen atoms in total. The van der Waals surface area contributed by atoms with Gasteiger partial charge in [-0.2, -0.15) is 13.2 Å². The number of aliphatic hydroxyl groups is 1. The van der Waals surface area contributed by atoms with E-state index in [-0.39, 0.29) is 28.2 Å². The average molecular weight is 605 g/mol. The van der Waals surface area contributed by atoms with E-state index in [1.54, 1.807) is 43.3 Å². The van der Waals surface area contributed by atoms with Crippen molar-refractivity contribution in [1.29, 1.82) is 0 Å². The van der Waals surface area contributed by atoms with Crippen LogP contribution in [0.2, 0.25) is 0 Å². The fourth-order valence-corrected chi connectivity index (χ4v) is 5.76. The number of carbonyl (C=O) groups is 1. The summed E-state index contributed by atoms with van der Waals surface area (Å²) in [5.41, 5.74) is 1.49. The third-order valence-electron chi connectivity index (χ3n) is 6.32. The smallest absolute Gasteiger partial charge is 0.416 e. The number of sulfone groups is 1. The second kappa shape index (κ2) is 12.4. The maximum atomic E-state index is 12.9. The summed E-state index contributed by atoms with van der Waals surface area (Å²) in [5.74, 6) is -0.231. The number of hydrogen-bond acceptors (Lipinski definition) is 7. The highest BCUT2D eigenvalue weighted by Crippen LogP contribution is 2.36. The minimum absolute atomic E-state index is 0.0311. The number of thiazole rings is 1. The van der Waals surface area contributed by atoms with Crippen molar-refractivity contribution in [2.45, 2.75) is 37.4 Å². The first-order valence-electron chi connectivity index (χ1n) is 12.6. The molecule has 0 bridgehead atoms. The summed E-state index contributed by atoms with van der Waals surface area (Å²) in [6.07, 6.45) is -3.79. The Hall–Kier alpha value is -3.74. The number of benzene rings is 3. The molecule has 0 saturated carbocycles. The van der Waals surface area contributed by atoms with Crippen LogP contribution in [0.1, 0.15) is 46.3 Å². The molecule has 12 heteroatoms. The molecule has 216 valence electrons. The molecule has 2 N–H and O–H groups in total. The van der Waals surface area contributed by atoms with Gasteiger partial charge in [0.25, 0.3) is 11.1 Å². The molecule has 1 unspecified atom stereocenters. The molecule has 0 spiro atoms. The molecule has 0 aliphatic carbocycles. The molecule has 0 fully saturated rings. The van der Waals surface area contributed by atoms with E-state index in [1.807, 2.05) is 6.92 Å². The molecule has 41 heavy (non-hydrogen) atoms. The number of aryl methyl sites for hydroxylation is 1. The Bertz CT molecular complexity index is 1600. The molecule has 0 aliphatic heterocycles. The molecule has 1 amide bonds. The summed E-state index contributed by atoms with van der Waals surface area (Å²) in [6, 6.07) is 16.3. The van der Waals surface area contributed by atoms with Gasteiger partial charge in [0.05, 0.1) is 34.6 Å². The molecule has 4 aromatic rings. The van der Waals surface area contributed by atoms with E-state index in [2.05, 4.69) is 10.3 Å². The summed E-state index contributed by atoms with van der Waals surface area (Å²) in [6.45, 7) is 3.11. The van der Waals surface area contributed by atoms with Crippen molar-refractivity contribution in [2.75, 3.05) is 12.4 Å². The molecule has 0 radical (unpaired) electrons. The van der Waals surface area contributed by atoms with Crippen LogP contribution in [-0.4, -0.2) is 36.8 Å². The highest BCUT2D eigenvalue weighted by molar-refractivity contribution is 7.91. The number of rotatable bonds is 10. The highest BCUT2D eigenvalue weighted by atomic mass is 32.2. The van der Waals surface area contributed by atoms with E-state index in [1.165, 1.54) is 35.6 Å². The lowest BCUT2D eigenvalue weighted by Crippen LogP contribution is -2.30. The zero-order chi connectivity index (χ0) is 29.8. The van der Waals surface area contributed by atoms with Crippen LogP contribution in [0, 0.1) is 0 Å². The number of hydrogen-bond donors (Lipinski definition) is 2. The fourth-order valence-electron chi connectivity index (χ4n) is 3.98. The third-order valence-corrected chi connectivity index (χ3v) is 9.14. The number of aromatic nitrogens is 1. The van der Waals surface area contributed by atoms with Gasteiger partial charge in [-0.15, -0.1) is 0 Å². The molecule has 1 aromatic heterocycles. The molecule has 1 heterocycles. The van der Waals surface area contributed by atoms with Crippen molar-refractivity contribution in [3.8, 4) is 22.2 Å². The van der Waals surface area contributed by atoms with Gasteiger partial charge >= 0.3 is 6.18 Å². The van der Waals surface area contributed by atoms with Crippen molar-refractivity contribution < 1.29 is 36.2 Å². The Morgan fingerprint density at radius 1 is 1.00 bits per heavy atom. The highest BCUT2D eigenvalue weighted by Gasteiger charge is 2.30. The summed E-state index contributed by atoms with van der Waals surface area (Å²) in [7, 11) is -3.37. The third kappa shape index (κ3) is 7.13. The first-order chi connectivity index (χ1) is 19.4. The van der Waals surface area contributed by atoms with Crippen molar-refractivity contribution in [1.82, 2.24) is 10.3 Å². The Kier molecular flexibility index (Phi) is 9.15. The van der Waals surface area contributed by atoms with Crippen LogP contribution in [0.3, 0.4) is 0 Å². The molecular weight excluding hydrogens is 577 g/mol. The van der Waals surface area contributed by atoms with Crippen LogP contribution in [0.4, 0.5) is 13.2 Å². The van der Waals surface area contributed by atoms with E-state index in [0.29, 0.717) is 23.2 Å². The topological polar surface area (TPSA) is 106 Å². The molecule has 4 rings (SSSR count). The van der Waals surface area contributed by atoms with Crippen LogP contribution in [0.5, 0.6) is 10.9 Å². The van der Waals surface area contributed by atoms with Crippen molar-refractivity contribution in [3.05, 3.63) is 94.4 Å². The first-order valence-corrected chi connectivity index (χ1v) is 15.1. The van der Waals surface area contributed by atoms with Crippen LogP contribution < -0.4 is 10.1 Å². The summed E-state index contributed by atoms with van der Waals surface area (Å²) < 4.78 is 68.3. The van der Waals surface area contributed by atoms with Crippen LogP contribution in [0.25, 0.3) is 11.3 Å². The van der Waals surface area contributed by atoms with Gasteiger partial charge < -0.3 is 15.2 Å². The first kappa shape index (κ1) is 30.2. The van der Waals surface area contributed by atoms with E-state index in [0.717, 1.165) is 22.6 Å². The number of nitrogens with zero attached hydrogens (tertiary/aromatic N) is 1. The number of alkyl halides is 3. The number of nitrogens with one attached hydrogen (secondary N) is 1. The van der Waals surface area contributed by atoms with Gasteiger partial charge in [-0.3, -0.25) is 4.79 Å². The predicted molar refractivity (Wildman–Crippen MR) is 150 cm³/mol. The number of aliphatic hydroxyl groups excluding tert-OH is 1. The van der Waals surface area contributed by atoms with E-state index >= 15 is 0 Å². The van der Waals surface area contributed by atoms with E-state index < -0.39 is 33.5 Å². The standard InChI is InChI=1S/C29H27F3N2O5S2/c1-3-25-26(34-28(40-25)39-22-13-11-21(12-14-22)29(30,31)32)19-5-7-20(8-6-19)27(36)33-24(17-35)18-9-15-23(16-10-18)41(37,38)4-2/h5-16,24,35H,3-4,17H2,1-2H3,(H,33,36). The second-order valence-corrected chi connectivity index (χ2v) is 12.3. The minimum atomic E-state index is -4.43. The number of ether oxygens (including phenoxy) is 1. The Labute approximate surface area is 239 Å². The van der Waals surface area contributed by atoms with Gasteiger partial charge in [0, 0.05) is 16.0 Å². The van der Waals surface area contributed by atoms with Gasteiger partial charge in [0.1, 0.15) is 5.75 Å². The zero-order valence-electron chi connectivity index (χ0n) is 22.1. The monoisotopic (exact) mass is 604 g/mol. The number of amides is 1. The Morgan fingerprint density at radius 3 is 2.17 bits per heavy atom. The second-order valence-electron chi connectivity index (χ2n) is 8.99. The predicted octanol–water partition coefficient (Wildman–Crippen LogP) is 6.44. The van der Waals surface area contributed by atoms with Crippen molar-refractivity contribution in [2.24, 2.45) is 0 Å². The van der Waals surface area contributed by atoms with E-state index in [9.17, 15) is 31.5 Å². The van der Waals surface area contributed by atoms with Crippen LogP contribution >= 0.6 is 11.3 Å². The van der Waals surface area contributed by atoms with Gasteiger partial charge in [-0.1, -0.05) is 49.4 Å². The number of carbonyl (C=O) groups excluding carboxylic acids is 1. The van der Waals surface area contributed by atoms with Gasteiger partial charge in [0.2, 0.25) is 0 Å². The lowest BCUT2D eigenvalue weighted by atomic mass is 10.1. The maximum Gasteiger partial charge on any atom is 0.416 e. The zero-order valence-corrected chi connectivity index (χ0v) is 23.7. The minimum Gasteiger partial charge on any atom is -0.431 e. The Balaban J connectivity index is 1.46. The summed E-state index contributed by atoms with van der Waals surface area (Å²) in [5, 5.41) is 12.9. The van der Waals surface area contributed by atoms with E-state index in [4.69, 9.17) is 4.74 Å². The quantitative estimate of drug-likeness (QED) is 0.216. The lowest BCUT2D eigenvalue weighted by Gasteiger charge is -2.17. The van der Waals surface area contributed by atoms with Crippen molar-refractivity contribution in [3.63, 3.8) is 0 Å². The number of halogens is 3. The molecule has 3 aromatic carbocycles. The van der Waals surface area contributed by atoms with Crippen LogP contribution in [0.15, 0.2) is 77.7 Å². The SMILES string of the molecule is CCc1sc(Oc2ccc(C(F)(F)F)cc2)nc1-c1ccc(C(=O)NC(CO)c2ccc(S(=O)(=O)CC)cc2)cc1. The summed E-state index contributed by atoms with van der Waals surface area (Å²) >= 11 is 1.28. The molecule has 0 saturated heterocycles. The van der Waals surface area contributed by atoms with Gasteiger partial charge in [-0.05, 0) is 60.5 Å². The van der Waals surface area contributed by atoms with Crippen LogP contribution in [-0.2, 0) is 22.4 Å². The maximum absolute atomic E-state index is 12.9. The van der Waals surface area contributed by atoms with Gasteiger partial charge in [0.15, 0.2) is 9.84 Å². The molecule has 1 atom stereocenters. The van der Waals surface area contributed by atoms with Gasteiger partial charge in [-0.25, -0.2) is 13.4 Å². The normalized spacial score (nSPS) is 12.6. The summed E-state index contributed by atoms with van der Waals surface area (Å²) in [4.78, 5) is 18.5. The lowest BCUT2D eigenvalue weighted by molar-refractivity contribution is -0.137. The largest absolute Gasteiger partial charge is 0.431 e. The molecular formula is C29H27F3N2O5S2. The fraction of sp³-hybridized carbons (Fsp3) is 0.241. The average Bonchev–Trinajstić information content (AvgIpc) is 3.38. The van der Waals surface area contributed by atoms with Crippen molar-refractivity contribution >= 4 is 27.1 Å².